The number of halogens is 1. The van der Waals surface area contributed by atoms with Crippen LogP contribution in [0.1, 0.15) is 72.1 Å². The third-order valence-corrected chi connectivity index (χ3v) is 10.6. The van der Waals surface area contributed by atoms with Crippen molar-refractivity contribution in [3.8, 4) is 12.3 Å². The quantitative estimate of drug-likeness (QED) is 0.479. The number of hydrogen-bond donors (Lipinski definition) is 1. The number of ketones is 1. The largest absolute Gasteiger partial charge is 0.376 e. The van der Waals surface area contributed by atoms with Gasteiger partial charge in [0.2, 0.25) is 0 Å². The molecule has 4 rings (SSSR count). The second-order valence-electron chi connectivity index (χ2n) is 10.4. The zero-order chi connectivity index (χ0) is 18.9. The summed E-state index contributed by atoms with van der Waals surface area (Å²) in [6.07, 6.45) is 14.6. The highest BCUT2D eigenvalue weighted by molar-refractivity contribution is 9.09. The molecule has 0 aromatic carbocycles. The molecule has 2 nitrogen and oxygen atoms in total. The highest BCUT2D eigenvalue weighted by Crippen LogP contribution is 2.68. The van der Waals surface area contributed by atoms with Crippen LogP contribution < -0.4 is 0 Å². The predicted octanol–water partition coefficient (Wildman–Crippen LogP) is 4.97. The Kier molecular flexibility index (Phi) is 4.45. The topological polar surface area (TPSA) is 37.3 Å². The van der Waals surface area contributed by atoms with E-state index in [1.54, 1.807) is 6.92 Å². The van der Waals surface area contributed by atoms with Gasteiger partial charge in [0.25, 0.3) is 0 Å². The second-order valence-corrected chi connectivity index (χ2v) is 11.5. The van der Waals surface area contributed by atoms with Crippen LogP contribution in [0.2, 0.25) is 0 Å². The highest BCUT2D eigenvalue weighted by Gasteiger charge is 2.62. The summed E-state index contributed by atoms with van der Waals surface area (Å²) in [6.45, 7) is 6.69. The van der Waals surface area contributed by atoms with Gasteiger partial charge in [0.15, 0.2) is 0 Å². The van der Waals surface area contributed by atoms with Crippen molar-refractivity contribution in [2.75, 3.05) is 0 Å². The number of hydrogen-bond acceptors (Lipinski definition) is 2. The van der Waals surface area contributed by atoms with Crippen LogP contribution in [0.3, 0.4) is 0 Å². The van der Waals surface area contributed by atoms with Crippen LogP contribution in [0, 0.1) is 52.8 Å². The minimum absolute atomic E-state index is 0.0122. The van der Waals surface area contributed by atoms with Gasteiger partial charge < -0.3 is 5.11 Å². The molecule has 1 unspecified atom stereocenters. The van der Waals surface area contributed by atoms with Crippen LogP contribution >= 0.6 is 15.9 Å². The van der Waals surface area contributed by atoms with E-state index < -0.39 is 5.60 Å². The molecule has 0 aromatic rings. The summed E-state index contributed by atoms with van der Waals surface area (Å²) in [4.78, 5) is 12.2. The van der Waals surface area contributed by atoms with Crippen molar-refractivity contribution < 1.29 is 9.90 Å². The number of aliphatic hydroxyl groups is 1. The van der Waals surface area contributed by atoms with E-state index in [0.717, 1.165) is 25.2 Å². The molecule has 9 atom stereocenters. The smallest absolute Gasteiger partial charge is 0.137 e. The lowest BCUT2D eigenvalue weighted by Crippen LogP contribution is -2.59. The van der Waals surface area contributed by atoms with Crippen LogP contribution in [-0.2, 0) is 4.79 Å². The van der Waals surface area contributed by atoms with Gasteiger partial charge in [-0.05, 0) is 92.8 Å². The van der Waals surface area contributed by atoms with Gasteiger partial charge in [0, 0.05) is 5.92 Å². The first-order valence-electron chi connectivity index (χ1n) is 10.5. The molecule has 0 aliphatic heterocycles. The summed E-state index contributed by atoms with van der Waals surface area (Å²) in [5, 5.41) is 10.9. The standard InChI is InChI=1S/C23H33BrO2/c1-5-23(26)12-15-6-7-16-18-9-8-17(14(2)25)21(18,3)11-10-19(16)22(15,4)13-20(23)24/h1,15-20,26H,6-13H2,2-4H3/t15-,16-,17+,18-,19-,20?,21+,22-,23-/m0/s1. The van der Waals surface area contributed by atoms with Crippen LogP contribution in [0.5, 0.6) is 0 Å². The molecule has 1 N–H and O–H groups in total. The zero-order valence-electron chi connectivity index (χ0n) is 16.4. The monoisotopic (exact) mass is 420 g/mol. The maximum absolute atomic E-state index is 12.3. The summed E-state index contributed by atoms with van der Waals surface area (Å²) in [5.41, 5.74) is -0.513. The molecule has 144 valence electrons. The molecule has 0 radical (unpaired) electrons. The first kappa shape index (κ1) is 19.0. The Morgan fingerprint density at radius 2 is 1.77 bits per heavy atom. The minimum atomic E-state index is -0.993. The van der Waals surface area contributed by atoms with Crippen molar-refractivity contribution >= 4 is 21.7 Å². The van der Waals surface area contributed by atoms with Gasteiger partial charge in [-0.2, -0.15) is 0 Å². The molecule has 3 heteroatoms. The van der Waals surface area contributed by atoms with E-state index in [9.17, 15) is 9.90 Å². The molecule has 4 fully saturated rings. The van der Waals surface area contributed by atoms with E-state index in [0.29, 0.717) is 23.5 Å². The number of rotatable bonds is 1. The molecule has 0 spiro atoms. The first-order chi connectivity index (χ1) is 12.2. The Balaban J connectivity index is 1.63. The van der Waals surface area contributed by atoms with Crippen LogP contribution in [0.15, 0.2) is 0 Å². The van der Waals surface area contributed by atoms with Gasteiger partial charge >= 0.3 is 0 Å². The number of alkyl halides is 1. The van der Waals surface area contributed by atoms with E-state index >= 15 is 0 Å². The molecule has 0 heterocycles. The van der Waals surface area contributed by atoms with Crippen molar-refractivity contribution in [3.63, 3.8) is 0 Å². The number of terminal acetylenes is 1. The van der Waals surface area contributed by atoms with Crippen molar-refractivity contribution in [2.24, 2.45) is 40.4 Å². The fourth-order valence-electron chi connectivity index (χ4n) is 8.06. The summed E-state index contributed by atoms with van der Waals surface area (Å²) < 4.78 is 0. The van der Waals surface area contributed by atoms with Crippen LogP contribution in [0.25, 0.3) is 0 Å². The fourth-order valence-corrected chi connectivity index (χ4v) is 9.08. The third kappa shape index (κ3) is 2.44. The highest BCUT2D eigenvalue weighted by atomic mass is 79.9. The minimum Gasteiger partial charge on any atom is -0.376 e. The lowest BCUT2D eigenvalue weighted by atomic mass is 9.44. The Labute approximate surface area is 167 Å². The molecule has 0 saturated heterocycles. The summed E-state index contributed by atoms with van der Waals surface area (Å²) in [7, 11) is 0. The van der Waals surface area contributed by atoms with Crippen LogP contribution in [0.4, 0.5) is 0 Å². The summed E-state index contributed by atoms with van der Waals surface area (Å²) in [5.74, 6) is 6.06. The Bertz CT molecular complexity index is 653. The number of carbonyl (C=O) groups excluding carboxylic acids is 1. The Morgan fingerprint density at radius 3 is 2.42 bits per heavy atom. The average molecular weight is 421 g/mol. The predicted molar refractivity (Wildman–Crippen MR) is 108 cm³/mol. The Morgan fingerprint density at radius 1 is 1.08 bits per heavy atom. The number of fused-ring (bicyclic) bond motifs is 5. The van der Waals surface area contributed by atoms with E-state index in [4.69, 9.17) is 6.42 Å². The first-order valence-corrected chi connectivity index (χ1v) is 11.4. The maximum atomic E-state index is 12.3. The van der Waals surface area contributed by atoms with Crippen molar-refractivity contribution in [1.82, 2.24) is 0 Å². The SMILES string of the molecule is C#C[C@]1(O)C[C@@H]2CC[C@@H]3[C@H](CC[C@]4(C)[C@@H](C(C)=O)CC[C@@H]34)[C@@]2(C)CC1Br. The number of Topliss-reactive ketones (excluding diaryl/α,β-unsaturated/α-hetero) is 1. The van der Waals surface area contributed by atoms with Crippen molar-refractivity contribution in [2.45, 2.75) is 82.6 Å². The molecule has 4 aliphatic carbocycles. The lowest BCUT2D eigenvalue weighted by molar-refractivity contribution is -0.142. The summed E-state index contributed by atoms with van der Waals surface area (Å²) in [6, 6.07) is 0. The summed E-state index contributed by atoms with van der Waals surface area (Å²) >= 11 is 3.74. The van der Waals surface area contributed by atoms with Crippen molar-refractivity contribution in [3.05, 3.63) is 0 Å². The van der Waals surface area contributed by atoms with Gasteiger partial charge in [-0.15, -0.1) is 6.42 Å². The lowest BCUT2D eigenvalue weighted by Gasteiger charge is -2.62. The number of carbonyl (C=O) groups is 1. The Hall–Kier alpha value is -0.330. The van der Waals surface area contributed by atoms with E-state index in [2.05, 4.69) is 35.7 Å². The van der Waals surface area contributed by atoms with Gasteiger partial charge in [-0.3, -0.25) is 4.79 Å². The molecule has 4 aliphatic rings. The van der Waals surface area contributed by atoms with Crippen molar-refractivity contribution in [1.29, 1.82) is 0 Å². The molecular formula is C23H33BrO2. The second kappa shape index (κ2) is 6.08. The van der Waals surface area contributed by atoms with Gasteiger partial charge in [-0.1, -0.05) is 35.7 Å². The third-order valence-electron chi connectivity index (χ3n) is 9.50. The molecular weight excluding hydrogens is 388 g/mol. The van der Waals surface area contributed by atoms with Crippen LogP contribution in [-0.4, -0.2) is 21.3 Å². The van der Waals surface area contributed by atoms with Gasteiger partial charge in [0.1, 0.15) is 11.4 Å². The molecule has 0 bridgehead atoms. The molecule has 26 heavy (non-hydrogen) atoms. The maximum Gasteiger partial charge on any atom is 0.137 e. The van der Waals surface area contributed by atoms with Gasteiger partial charge in [0.05, 0.1) is 4.83 Å². The van der Waals surface area contributed by atoms with Gasteiger partial charge in [-0.25, -0.2) is 0 Å². The molecule has 0 amide bonds. The average Bonchev–Trinajstić information content (AvgIpc) is 2.94. The van der Waals surface area contributed by atoms with E-state index in [1.165, 1.54) is 32.1 Å². The fraction of sp³-hybridized carbons (Fsp3) is 0.870. The van der Waals surface area contributed by atoms with E-state index in [-0.39, 0.29) is 21.6 Å². The van der Waals surface area contributed by atoms with E-state index in [1.807, 2.05) is 0 Å². The zero-order valence-corrected chi connectivity index (χ0v) is 18.0. The normalized spacial score (nSPS) is 56.0. The molecule has 0 aromatic heterocycles. The molecule has 4 saturated carbocycles.